The average molecular weight is 493 g/mol. The molecule has 0 spiro atoms. The Bertz CT molecular complexity index is 1180. The highest BCUT2D eigenvalue weighted by molar-refractivity contribution is 5.92. The number of β-amino-alcohol motifs (C(OH)–C–C–N with tert-alkyl or cyclic N) is 1. The van der Waals surface area contributed by atoms with Gasteiger partial charge in [0, 0.05) is 38.3 Å². The largest absolute Gasteiger partial charge is 0.485 e. The summed E-state index contributed by atoms with van der Waals surface area (Å²) in [6.07, 6.45) is 8.09. The lowest BCUT2D eigenvalue weighted by molar-refractivity contribution is 0.0837. The fourth-order valence-corrected chi connectivity index (χ4v) is 4.64. The van der Waals surface area contributed by atoms with Gasteiger partial charge in [-0.05, 0) is 55.4 Å². The Morgan fingerprint density at radius 3 is 3.00 bits per heavy atom. The molecule has 1 atom stereocenters. The smallest absolute Gasteiger partial charge is 0.270 e. The molecule has 1 saturated carbocycles. The van der Waals surface area contributed by atoms with Gasteiger partial charge in [-0.3, -0.25) is 9.69 Å². The number of aliphatic hydroxyl groups is 1. The topological polar surface area (TPSA) is 126 Å². The van der Waals surface area contributed by atoms with Crippen LogP contribution in [0.4, 0.5) is 5.82 Å². The number of nitrogens with one attached hydrogen (secondary N) is 2. The van der Waals surface area contributed by atoms with E-state index in [-0.39, 0.29) is 12.5 Å². The number of fused-ring (bicyclic) bond motifs is 1. The Morgan fingerprint density at radius 2 is 2.22 bits per heavy atom. The number of anilines is 1. The molecule has 2 aromatic heterocycles. The van der Waals surface area contributed by atoms with Crippen molar-refractivity contribution in [2.45, 2.75) is 57.9 Å². The molecule has 0 radical (unpaired) electrons. The van der Waals surface area contributed by atoms with Crippen LogP contribution in [0.3, 0.4) is 0 Å². The summed E-state index contributed by atoms with van der Waals surface area (Å²) in [5.74, 6) is 1.88. The molecule has 3 aromatic rings. The molecule has 3 heterocycles. The van der Waals surface area contributed by atoms with Gasteiger partial charge in [0.2, 0.25) is 0 Å². The van der Waals surface area contributed by atoms with E-state index in [0.29, 0.717) is 36.5 Å². The van der Waals surface area contributed by atoms with Gasteiger partial charge in [0.1, 0.15) is 30.2 Å². The highest BCUT2D eigenvalue weighted by Crippen LogP contribution is 2.30. The van der Waals surface area contributed by atoms with Crippen molar-refractivity contribution in [3.8, 4) is 5.75 Å². The number of nitrogens with zero attached hydrogens (tertiary/aromatic N) is 4. The molecule has 2 aliphatic rings. The number of hydrogen-bond donors (Lipinski definition) is 3. The fourth-order valence-electron chi connectivity index (χ4n) is 4.64. The molecule has 1 aliphatic heterocycles. The van der Waals surface area contributed by atoms with Gasteiger partial charge in [-0.15, -0.1) is 0 Å². The fraction of sp³-hybridized carbons (Fsp3) is 0.462. The number of ether oxygens (including phenoxy) is 1. The Hall–Kier alpha value is -3.50. The number of oxazole rings is 1. The average Bonchev–Trinajstić information content (AvgIpc) is 3.38. The van der Waals surface area contributed by atoms with Crippen LogP contribution in [0.15, 0.2) is 41.5 Å². The number of aromatic nitrogens is 3. The second-order valence-electron chi connectivity index (χ2n) is 9.49. The van der Waals surface area contributed by atoms with Crippen molar-refractivity contribution < 1.29 is 19.1 Å². The zero-order valence-corrected chi connectivity index (χ0v) is 20.4. The lowest BCUT2D eigenvalue weighted by atomic mass is 9.93. The number of carbonyl (C=O) groups excluding carboxylic acids is 1. The zero-order chi connectivity index (χ0) is 24.9. The third kappa shape index (κ3) is 5.83. The molecule has 0 unspecified atom stereocenters. The number of hydrogen-bond acceptors (Lipinski definition) is 9. The van der Waals surface area contributed by atoms with Crippen molar-refractivity contribution in [2.24, 2.45) is 0 Å². The van der Waals surface area contributed by atoms with Crippen LogP contribution in [-0.2, 0) is 19.6 Å². The zero-order valence-electron chi connectivity index (χ0n) is 20.4. The number of amides is 1. The lowest BCUT2D eigenvalue weighted by Gasteiger charge is -2.31. The minimum absolute atomic E-state index is 0.158. The summed E-state index contributed by atoms with van der Waals surface area (Å²) in [6.45, 7) is 4.62. The molecule has 5 rings (SSSR count). The summed E-state index contributed by atoms with van der Waals surface area (Å²) >= 11 is 0. The normalized spacial score (nSPS) is 16.6. The molecule has 0 bridgehead atoms. The van der Waals surface area contributed by atoms with Crippen molar-refractivity contribution in [3.05, 3.63) is 65.3 Å². The molecule has 0 saturated heterocycles. The molecule has 36 heavy (non-hydrogen) atoms. The number of aliphatic hydroxyl groups excluding tert-OH is 1. The van der Waals surface area contributed by atoms with Crippen LogP contribution in [0, 0.1) is 6.92 Å². The first-order chi connectivity index (χ1) is 17.5. The molecule has 1 aliphatic carbocycles. The Kier molecular flexibility index (Phi) is 7.43. The summed E-state index contributed by atoms with van der Waals surface area (Å²) in [5.41, 5.74) is 3.95. The summed E-state index contributed by atoms with van der Waals surface area (Å²) in [7, 11) is 0. The van der Waals surface area contributed by atoms with Crippen LogP contribution in [0.1, 0.15) is 52.2 Å². The Morgan fingerprint density at radius 1 is 1.33 bits per heavy atom. The van der Waals surface area contributed by atoms with Crippen LogP contribution in [-0.4, -0.2) is 62.6 Å². The van der Waals surface area contributed by atoms with Gasteiger partial charge in [-0.1, -0.05) is 6.07 Å². The number of rotatable bonds is 10. The molecule has 10 heteroatoms. The van der Waals surface area contributed by atoms with Crippen LogP contribution >= 0.6 is 0 Å². The maximum absolute atomic E-state index is 12.5. The minimum atomic E-state index is -0.685. The molecular formula is C26H32N6O4. The second-order valence-corrected chi connectivity index (χ2v) is 9.49. The van der Waals surface area contributed by atoms with Gasteiger partial charge >= 0.3 is 0 Å². The number of benzene rings is 1. The summed E-state index contributed by atoms with van der Waals surface area (Å²) in [6, 6.07) is 6.16. The van der Waals surface area contributed by atoms with Crippen LogP contribution in [0.2, 0.25) is 0 Å². The van der Waals surface area contributed by atoms with Crippen LogP contribution < -0.4 is 15.4 Å². The van der Waals surface area contributed by atoms with E-state index in [1.807, 2.05) is 6.07 Å². The molecule has 1 aromatic carbocycles. The molecule has 10 nitrogen and oxygen atoms in total. The Labute approximate surface area is 210 Å². The third-order valence-electron chi connectivity index (χ3n) is 6.90. The van der Waals surface area contributed by atoms with Crippen LogP contribution in [0.5, 0.6) is 5.75 Å². The van der Waals surface area contributed by atoms with Crippen molar-refractivity contribution >= 4 is 11.7 Å². The highest BCUT2D eigenvalue weighted by atomic mass is 16.5. The van der Waals surface area contributed by atoms with Gasteiger partial charge in [0.05, 0.1) is 12.3 Å². The van der Waals surface area contributed by atoms with Crippen molar-refractivity contribution in [1.82, 2.24) is 25.2 Å². The summed E-state index contributed by atoms with van der Waals surface area (Å²) in [5, 5.41) is 16.7. The quantitative estimate of drug-likeness (QED) is 0.391. The Balaban J connectivity index is 1.10. The first kappa shape index (κ1) is 24.2. The van der Waals surface area contributed by atoms with Crippen molar-refractivity contribution in [2.75, 3.05) is 25.0 Å². The van der Waals surface area contributed by atoms with E-state index in [2.05, 4.69) is 43.5 Å². The maximum atomic E-state index is 12.5. The first-order valence-electron chi connectivity index (χ1n) is 12.4. The van der Waals surface area contributed by atoms with Crippen molar-refractivity contribution in [1.29, 1.82) is 0 Å². The standard InChI is InChI=1S/C26H32N6O4/c1-17-22-7-8-32(12-18(22)5-6-24(17)35-14-21-11-27-16-36-21)13-20(33)10-28-26(34)23-9-25(30-15-29-23)31-19-3-2-4-19/h5-6,9,11,15-16,19-20,33H,2-4,7-8,10,12-14H2,1H3,(H,28,34)(H,29,30,31)/t20-/m0/s1. The number of carbonyl (C=O) groups is 1. The highest BCUT2D eigenvalue weighted by Gasteiger charge is 2.22. The molecule has 1 amide bonds. The predicted molar refractivity (Wildman–Crippen MR) is 133 cm³/mol. The summed E-state index contributed by atoms with van der Waals surface area (Å²) < 4.78 is 11.2. The van der Waals surface area contributed by atoms with Gasteiger partial charge in [0.15, 0.2) is 12.2 Å². The molecular weight excluding hydrogens is 460 g/mol. The SMILES string of the molecule is Cc1c(OCc2cnco2)ccc2c1CCN(C[C@@H](O)CNC(=O)c1cc(NC3CCC3)ncn1)C2. The van der Waals surface area contributed by atoms with Gasteiger partial charge in [0.25, 0.3) is 5.91 Å². The van der Waals surface area contributed by atoms with E-state index >= 15 is 0 Å². The minimum Gasteiger partial charge on any atom is -0.485 e. The predicted octanol–water partition coefficient (Wildman–Crippen LogP) is 2.47. The second kappa shape index (κ2) is 11.0. The summed E-state index contributed by atoms with van der Waals surface area (Å²) in [4.78, 5) is 26.9. The lowest BCUT2D eigenvalue weighted by Crippen LogP contribution is -2.42. The van der Waals surface area contributed by atoms with Crippen LogP contribution in [0.25, 0.3) is 0 Å². The van der Waals surface area contributed by atoms with E-state index in [9.17, 15) is 9.90 Å². The van der Waals surface area contributed by atoms with E-state index in [1.165, 1.54) is 30.3 Å². The third-order valence-corrected chi connectivity index (χ3v) is 6.90. The van der Waals surface area contributed by atoms with E-state index in [1.54, 1.807) is 12.3 Å². The van der Waals surface area contributed by atoms with E-state index in [4.69, 9.17) is 9.15 Å². The van der Waals surface area contributed by atoms with E-state index in [0.717, 1.165) is 43.7 Å². The van der Waals surface area contributed by atoms with Gasteiger partial charge in [-0.2, -0.15) is 0 Å². The molecule has 190 valence electrons. The molecule has 3 N–H and O–H groups in total. The first-order valence-corrected chi connectivity index (χ1v) is 12.4. The van der Waals surface area contributed by atoms with Crippen molar-refractivity contribution in [3.63, 3.8) is 0 Å². The van der Waals surface area contributed by atoms with E-state index < -0.39 is 6.10 Å². The molecule has 1 fully saturated rings. The van der Waals surface area contributed by atoms with Gasteiger partial charge in [-0.25, -0.2) is 15.0 Å². The monoisotopic (exact) mass is 492 g/mol. The van der Waals surface area contributed by atoms with Gasteiger partial charge < -0.3 is 24.9 Å². The maximum Gasteiger partial charge on any atom is 0.270 e.